The summed E-state index contributed by atoms with van der Waals surface area (Å²) in [5.74, 6) is 1.48. The van der Waals surface area contributed by atoms with Gasteiger partial charge < -0.3 is 14.6 Å². The molecule has 2 aromatic rings. The van der Waals surface area contributed by atoms with Gasteiger partial charge in [-0.3, -0.25) is 0 Å². The van der Waals surface area contributed by atoms with Crippen LogP contribution in [0.25, 0.3) is 0 Å². The molecular weight excluding hydrogens is 288 g/mol. The van der Waals surface area contributed by atoms with E-state index >= 15 is 0 Å². The second-order valence-electron chi connectivity index (χ2n) is 4.81. The van der Waals surface area contributed by atoms with E-state index in [1.807, 2.05) is 30.3 Å². The number of halogens is 1. The van der Waals surface area contributed by atoms with Crippen molar-refractivity contribution < 1.29 is 14.6 Å². The number of aliphatic hydroxyl groups is 1. The molecule has 0 aliphatic carbocycles. The van der Waals surface area contributed by atoms with Gasteiger partial charge in [0.25, 0.3) is 0 Å². The Morgan fingerprint density at radius 2 is 1.86 bits per heavy atom. The molecule has 4 heteroatoms. The molecule has 1 atom stereocenters. The third-order valence-electron chi connectivity index (χ3n) is 3.25. The molecule has 0 aliphatic heterocycles. The van der Waals surface area contributed by atoms with Crippen LogP contribution in [0.2, 0.25) is 5.02 Å². The lowest BCUT2D eigenvalue weighted by Crippen LogP contribution is -2.02. The number of aliphatic hydroxyl groups excluding tert-OH is 1. The molecule has 2 rings (SSSR count). The van der Waals surface area contributed by atoms with Crippen molar-refractivity contribution >= 4 is 11.6 Å². The summed E-state index contributed by atoms with van der Waals surface area (Å²) in [6.07, 6.45) is 0.259. The third kappa shape index (κ3) is 4.38. The minimum atomic E-state index is -0.532. The average molecular weight is 307 g/mol. The van der Waals surface area contributed by atoms with E-state index < -0.39 is 6.10 Å². The summed E-state index contributed by atoms with van der Waals surface area (Å²) in [6.45, 7) is 2.25. The van der Waals surface area contributed by atoms with Crippen molar-refractivity contribution in [2.45, 2.75) is 19.4 Å². The molecule has 0 saturated heterocycles. The molecule has 3 nitrogen and oxygen atoms in total. The van der Waals surface area contributed by atoms with Crippen LogP contribution in [0.3, 0.4) is 0 Å². The Kier molecular flexibility index (Phi) is 5.48. The highest BCUT2D eigenvalue weighted by molar-refractivity contribution is 6.32. The van der Waals surface area contributed by atoms with Crippen LogP contribution < -0.4 is 9.47 Å². The fourth-order valence-corrected chi connectivity index (χ4v) is 2.21. The zero-order valence-electron chi connectivity index (χ0n) is 12.2. The molecule has 1 N–H and O–H groups in total. The van der Waals surface area contributed by atoms with Crippen molar-refractivity contribution in [2.24, 2.45) is 0 Å². The van der Waals surface area contributed by atoms with Crippen LogP contribution in [0, 0.1) is 0 Å². The van der Waals surface area contributed by atoms with E-state index in [0.717, 1.165) is 17.7 Å². The molecule has 0 spiro atoms. The van der Waals surface area contributed by atoms with Gasteiger partial charge in [0.1, 0.15) is 11.5 Å². The van der Waals surface area contributed by atoms with Gasteiger partial charge in [-0.1, -0.05) is 29.8 Å². The predicted octanol–water partition coefficient (Wildman–Crippen LogP) is 4.02. The molecule has 0 aromatic heterocycles. The topological polar surface area (TPSA) is 38.7 Å². The van der Waals surface area contributed by atoms with Crippen LogP contribution in [0.1, 0.15) is 24.2 Å². The fraction of sp³-hybridized carbons (Fsp3) is 0.294. The quantitative estimate of drug-likeness (QED) is 0.876. The van der Waals surface area contributed by atoms with E-state index in [2.05, 4.69) is 0 Å². The number of benzene rings is 2. The highest BCUT2D eigenvalue weighted by Gasteiger charge is 2.06. The fourth-order valence-electron chi connectivity index (χ4n) is 1.97. The molecular formula is C17H19ClO3. The van der Waals surface area contributed by atoms with E-state index in [1.54, 1.807) is 26.2 Å². The largest absolute Gasteiger partial charge is 0.497 e. The Balaban J connectivity index is 1.90. The minimum Gasteiger partial charge on any atom is -0.497 e. The number of methoxy groups -OCH3 is 1. The second-order valence-corrected chi connectivity index (χ2v) is 5.22. The molecule has 2 aromatic carbocycles. The standard InChI is InChI=1S/C17H19ClO3/c1-12(19)14-5-8-17(16(18)11-14)21-10-9-13-3-6-15(20-2)7-4-13/h3-8,11-12,19H,9-10H2,1-2H3/t12-/m1/s1. The van der Waals surface area contributed by atoms with E-state index in [1.165, 1.54) is 5.56 Å². The van der Waals surface area contributed by atoms with Gasteiger partial charge >= 0.3 is 0 Å². The van der Waals surface area contributed by atoms with Crippen LogP contribution in [0.4, 0.5) is 0 Å². The lowest BCUT2D eigenvalue weighted by atomic mass is 10.1. The summed E-state index contributed by atoms with van der Waals surface area (Å²) >= 11 is 6.14. The Hall–Kier alpha value is -1.71. The average Bonchev–Trinajstić information content (AvgIpc) is 2.49. The maximum Gasteiger partial charge on any atom is 0.137 e. The first-order valence-corrected chi connectivity index (χ1v) is 7.21. The van der Waals surface area contributed by atoms with Gasteiger partial charge in [-0.2, -0.15) is 0 Å². The molecule has 0 saturated carbocycles. The van der Waals surface area contributed by atoms with Gasteiger partial charge in [0, 0.05) is 6.42 Å². The maximum atomic E-state index is 9.50. The Morgan fingerprint density at radius 3 is 2.43 bits per heavy atom. The normalized spacial score (nSPS) is 12.0. The molecule has 0 aliphatic rings. The Labute approximate surface area is 130 Å². The molecule has 0 heterocycles. The van der Waals surface area contributed by atoms with Crippen molar-refractivity contribution in [2.75, 3.05) is 13.7 Å². The summed E-state index contributed by atoms with van der Waals surface area (Å²) in [7, 11) is 1.65. The van der Waals surface area contributed by atoms with E-state index in [0.29, 0.717) is 17.4 Å². The molecule has 0 unspecified atom stereocenters. The first-order valence-electron chi connectivity index (χ1n) is 6.83. The predicted molar refractivity (Wildman–Crippen MR) is 84.3 cm³/mol. The number of rotatable bonds is 6. The lowest BCUT2D eigenvalue weighted by Gasteiger charge is -2.11. The van der Waals surface area contributed by atoms with E-state index in [4.69, 9.17) is 21.1 Å². The summed E-state index contributed by atoms with van der Waals surface area (Å²) in [6, 6.07) is 13.2. The summed E-state index contributed by atoms with van der Waals surface area (Å²) in [5.41, 5.74) is 1.95. The van der Waals surface area contributed by atoms with Gasteiger partial charge in [0.05, 0.1) is 24.8 Å². The Bertz CT molecular complexity index is 579. The molecule has 21 heavy (non-hydrogen) atoms. The molecule has 0 amide bonds. The maximum absolute atomic E-state index is 9.50. The molecule has 0 fully saturated rings. The van der Waals surface area contributed by atoms with Gasteiger partial charge in [-0.25, -0.2) is 0 Å². The highest BCUT2D eigenvalue weighted by Crippen LogP contribution is 2.28. The first kappa shape index (κ1) is 15.7. The zero-order chi connectivity index (χ0) is 15.2. The van der Waals surface area contributed by atoms with Gasteiger partial charge in [0.15, 0.2) is 0 Å². The van der Waals surface area contributed by atoms with E-state index in [9.17, 15) is 5.11 Å². The minimum absolute atomic E-state index is 0.517. The second kappa shape index (κ2) is 7.34. The van der Waals surface area contributed by atoms with Gasteiger partial charge in [-0.15, -0.1) is 0 Å². The Morgan fingerprint density at radius 1 is 1.14 bits per heavy atom. The van der Waals surface area contributed by atoms with Crippen molar-refractivity contribution in [3.63, 3.8) is 0 Å². The summed E-state index contributed by atoms with van der Waals surface area (Å²) < 4.78 is 10.8. The van der Waals surface area contributed by atoms with Crippen LogP contribution in [-0.2, 0) is 6.42 Å². The van der Waals surface area contributed by atoms with Crippen LogP contribution in [-0.4, -0.2) is 18.8 Å². The molecule has 112 valence electrons. The van der Waals surface area contributed by atoms with E-state index in [-0.39, 0.29) is 0 Å². The SMILES string of the molecule is COc1ccc(CCOc2ccc([C@@H](C)O)cc2Cl)cc1. The summed E-state index contributed by atoms with van der Waals surface area (Å²) in [4.78, 5) is 0. The van der Waals surface area contributed by atoms with Crippen molar-refractivity contribution in [1.29, 1.82) is 0 Å². The van der Waals surface area contributed by atoms with Crippen LogP contribution >= 0.6 is 11.6 Å². The number of ether oxygens (including phenoxy) is 2. The molecule has 0 bridgehead atoms. The number of hydrogen-bond donors (Lipinski definition) is 1. The van der Waals surface area contributed by atoms with Crippen molar-refractivity contribution in [3.8, 4) is 11.5 Å². The zero-order valence-corrected chi connectivity index (χ0v) is 12.9. The number of hydrogen-bond acceptors (Lipinski definition) is 3. The van der Waals surface area contributed by atoms with Crippen molar-refractivity contribution in [3.05, 3.63) is 58.6 Å². The van der Waals surface area contributed by atoms with Gasteiger partial charge in [-0.05, 0) is 42.3 Å². The highest BCUT2D eigenvalue weighted by atomic mass is 35.5. The third-order valence-corrected chi connectivity index (χ3v) is 3.54. The monoisotopic (exact) mass is 306 g/mol. The van der Waals surface area contributed by atoms with Crippen LogP contribution in [0.15, 0.2) is 42.5 Å². The van der Waals surface area contributed by atoms with Crippen molar-refractivity contribution in [1.82, 2.24) is 0 Å². The lowest BCUT2D eigenvalue weighted by molar-refractivity contribution is 0.199. The van der Waals surface area contributed by atoms with Gasteiger partial charge in [0.2, 0.25) is 0 Å². The van der Waals surface area contributed by atoms with Crippen LogP contribution in [0.5, 0.6) is 11.5 Å². The smallest absolute Gasteiger partial charge is 0.137 e. The summed E-state index contributed by atoms with van der Waals surface area (Å²) in [5, 5.41) is 10.0. The molecule has 0 radical (unpaired) electrons. The first-order chi connectivity index (χ1) is 10.1.